The minimum Gasteiger partial charge on any atom is -0.436 e. The molecule has 18 heavy (non-hydrogen) atoms. The predicted octanol–water partition coefficient (Wildman–Crippen LogP) is 2.43. The molecule has 1 heterocycles. The fraction of sp³-hybridized carbons (Fsp3) is 0.231. The lowest BCUT2D eigenvalue weighted by molar-refractivity contribution is 0.0994. The topological polar surface area (TPSA) is 81.2 Å². The molecule has 2 rings (SSSR count). The number of para-hydroxylation sites is 1. The molecule has 0 aliphatic rings. The molecule has 1 aromatic carbocycles. The second-order valence-corrected chi connectivity index (χ2v) is 4.14. The van der Waals surface area contributed by atoms with Crippen LogP contribution < -0.4 is 11.1 Å². The van der Waals surface area contributed by atoms with E-state index in [4.69, 9.17) is 10.2 Å². The van der Waals surface area contributed by atoms with Crippen LogP contribution in [-0.4, -0.2) is 10.9 Å². The zero-order valence-corrected chi connectivity index (χ0v) is 10.6. The minimum absolute atomic E-state index is 0.218. The Bertz CT molecular complexity index is 582. The lowest BCUT2D eigenvalue weighted by Crippen LogP contribution is -2.14. The van der Waals surface area contributed by atoms with Gasteiger partial charge in [0, 0.05) is 6.92 Å². The minimum atomic E-state index is -0.339. The van der Waals surface area contributed by atoms with Crippen molar-refractivity contribution < 1.29 is 9.21 Å². The van der Waals surface area contributed by atoms with Crippen molar-refractivity contribution in [2.45, 2.75) is 20.8 Å². The first-order chi connectivity index (χ1) is 8.49. The maximum atomic E-state index is 12.1. The summed E-state index contributed by atoms with van der Waals surface area (Å²) in [7, 11) is 0. The molecule has 0 spiro atoms. The van der Waals surface area contributed by atoms with E-state index in [2.05, 4.69) is 10.3 Å². The SMILES string of the molecule is Cc1nc(C)c(C(=O)Nc2c(C)cccc2N)o1. The number of nitrogens with zero attached hydrogens (tertiary/aromatic N) is 1. The molecule has 1 amide bonds. The van der Waals surface area contributed by atoms with Gasteiger partial charge in [-0.1, -0.05) is 12.1 Å². The second kappa shape index (κ2) is 4.52. The Labute approximate surface area is 105 Å². The molecule has 94 valence electrons. The zero-order valence-electron chi connectivity index (χ0n) is 10.6. The Morgan fingerprint density at radius 2 is 2.06 bits per heavy atom. The summed E-state index contributed by atoms with van der Waals surface area (Å²) in [5.74, 6) is 0.347. The van der Waals surface area contributed by atoms with Gasteiger partial charge in [-0.05, 0) is 25.5 Å². The third kappa shape index (κ3) is 2.20. The fourth-order valence-corrected chi connectivity index (χ4v) is 1.77. The van der Waals surface area contributed by atoms with Gasteiger partial charge in [0.05, 0.1) is 17.1 Å². The van der Waals surface area contributed by atoms with Crippen LogP contribution in [0.5, 0.6) is 0 Å². The van der Waals surface area contributed by atoms with Crippen molar-refractivity contribution >= 4 is 17.3 Å². The number of nitrogens with one attached hydrogen (secondary N) is 1. The number of rotatable bonds is 2. The number of nitrogens with two attached hydrogens (primary N) is 1. The van der Waals surface area contributed by atoms with E-state index in [1.165, 1.54) is 0 Å². The van der Waals surface area contributed by atoms with Gasteiger partial charge in [-0.15, -0.1) is 0 Å². The lowest BCUT2D eigenvalue weighted by atomic mass is 10.1. The molecule has 1 aromatic heterocycles. The van der Waals surface area contributed by atoms with E-state index in [1.807, 2.05) is 19.1 Å². The van der Waals surface area contributed by atoms with Crippen molar-refractivity contribution in [3.63, 3.8) is 0 Å². The number of benzene rings is 1. The molecule has 0 fully saturated rings. The smallest absolute Gasteiger partial charge is 0.293 e. The van der Waals surface area contributed by atoms with Crippen LogP contribution in [-0.2, 0) is 0 Å². The van der Waals surface area contributed by atoms with Crippen LogP contribution in [0.25, 0.3) is 0 Å². The van der Waals surface area contributed by atoms with Crippen molar-refractivity contribution in [1.82, 2.24) is 4.98 Å². The highest BCUT2D eigenvalue weighted by atomic mass is 16.4. The van der Waals surface area contributed by atoms with E-state index in [0.29, 0.717) is 23.0 Å². The van der Waals surface area contributed by atoms with E-state index in [-0.39, 0.29) is 11.7 Å². The molecule has 0 radical (unpaired) electrons. The number of oxazole rings is 1. The van der Waals surface area contributed by atoms with Gasteiger partial charge < -0.3 is 15.5 Å². The average Bonchev–Trinajstić information content (AvgIpc) is 2.63. The number of hydrogen-bond donors (Lipinski definition) is 2. The van der Waals surface area contributed by atoms with Crippen LogP contribution in [0.3, 0.4) is 0 Å². The Hall–Kier alpha value is -2.30. The number of aryl methyl sites for hydroxylation is 3. The highest BCUT2D eigenvalue weighted by Gasteiger charge is 2.17. The van der Waals surface area contributed by atoms with Gasteiger partial charge >= 0.3 is 0 Å². The molecular weight excluding hydrogens is 230 g/mol. The Morgan fingerprint density at radius 3 is 2.61 bits per heavy atom. The number of anilines is 2. The summed E-state index contributed by atoms with van der Waals surface area (Å²) >= 11 is 0. The van der Waals surface area contributed by atoms with Crippen LogP contribution in [0.1, 0.15) is 27.7 Å². The van der Waals surface area contributed by atoms with E-state index in [1.54, 1.807) is 19.9 Å². The van der Waals surface area contributed by atoms with Crippen molar-refractivity contribution in [3.8, 4) is 0 Å². The van der Waals surface area contributed by atoms with Gasteiger partial charge in [0.15, 0.2) is 5.89 Å². The zero-order chi connectivity index (χ0) is 13.3. The number of aromatic nitrogens is 1. The van der Waals surface area contributed by atoms with Gasteiger partial charge in [-0.3, -0.25) is 4.79 Å². The molecule has 0 aliphatic carbocycles. The number of carbonyl (C=O) groups excluding carboxylic acids is 1. The van der Waals surface area contributed by atoms with Crippen LogP contribution in [0.4, 0.5) is 11.4 Å². The van der Waals surface area contributed by atoms with Gasteiger partial charge in [-0.25, -0.2) is 4.98 Å². The van der Waals surface area contributed by atoms with E-state index < -0.39 is 0 Å². The monoisotopic (exact) mass is 245 g/mol. The van der Waals surface area contributed by atoms with Crippen LogP contribution in [0.15, 0.2) is 22.6 Å². The Kier molecular flexibility index (Phi) is 3.06. The molecule has 0 unspecified atom stereocenters. The molecule has 2 aromatic rings. The Morgan fingerprint density at radius 1 is 1.33 bits per heavy atom. The van der Waals surface area contributed by atoms with Crippen molar-refractivity contribution in [2.24, 2.45) is 0 Å². The lowest BCUT2D eigenvalue weighted by Gasteiger charge is -2.09. The maximum Gasteiger partial charge on any atom is 0.293 e. The van der Waals surface area contributed by atoms with Crippen LogP contribution in [0.2, 0.25) is 0 Å². The van der Waals surface area contributed by atoms with E-state index in [0.717, 1.165) is 5.56 Å². The highest BCUT2D eigenvalue weighted by Crippen LogP contribution is 2.23. The largest absolute Gasteiger partial charge is 0.436 e. The molecule has 0 saturated carbocycles. The summed E-state index contributed by atoms with van der Waals surface area (Å²) in [5.41, 5.74) is 8.43. The summed E-state index contributed by atoms with van der Waals surface area (Å²) in [4.78, 5) is 16.1. The Balaban J connectivity index is 2.30. The summed E-state index contributed by atoms with van der Waals surface area (Å²) in [6.45, 7) is 5.31. The third-order valence-corrected chi connectivity index (χ3v) is 2.65. The molecule has 0 atom stereocenters. The van der Waals surface area contributed by atoms with Crippen molar-refractivity contribution in [2.75, 3.05) is 11.1 Å². The molecule has 5 nitrogen and oxygen atoms in total. The summed E-state index contributed by atoms with van der Waals surface area (Å²) in [6.07, 6.45) is 0. The van der Waals surface area contributed by atoms with Gasteiger partial charge in [0.2, 0.25) is 5.76 Å². The predicted molar refractivity (Wildman–Crippen MR) is 69.5 cm³/mol. The highest BCUT2D eigenvalue weighted by molar-refractivity contribution is 6.05. The summed E-state index contributed by atoms with van der Waals surface area (Å²) < 4.78 is 5.26. The van der Waals surface area contributed by atoms with Crippen molar-refractivity contribution in [3.05, 3.63) is 41.1 Å². The summed E-state index contributed by atoms with van der Waals surface area (Å²) in [6, 6.07) is 5.45. The quantitative estimate of drug-likeness (QED) is 0.796. The molecule has 5 heteroatoms. The van der Waals surface area contributed by atoms with Crippen LogP contribution >= 0.6 is 0 Å². The summed E-state index contributed by atoms with van der Waals surface area (Å²) in [5, 5.41) is 2.75. The van der Waals surface area contributed by atoms with E-state index >= 15 is 0 Å². The van der Waals surface area contributed by atoms with Gasteiger partial charge in [-0.2, -0.15) is 0 Å². The molecular formula is C13H15N3O2. The molecule has 0 saturated heterocycles. The third-order valence-electron chi connectivity index (χ3n) is 2.65. The standard InChI is InChI=1S/C13H15N3O2/c1-7-5-4-6-10(14)11(7)16-13(17)12-8(2)15-9(3)18-12/h4-6H,14H2,1-3H3,(H,16,17). The number of amides is 1. The molecule has 3 N–H and O–H groups in total. The molecule has 0 bridgehead atoms. The first-order valence-corrected chi connectivity index (χ1v) is 5.59. The number of hydrogen-bond acceptors (Lipinski definition) is 4. The first-order valence-electron chi connectivity index (χ1n) is 5.59. The average molecular weight is 245 g/mol. The fourth-order valence-electron chi connectivity index (χ4n) is 1.77. The maximum absolute atomic E-state index is 12.1. The number of nitrogen functional groups attached to an aromatic ring is 1. The van der Waals surface area contributed by atoms with E-state index in [9.17, 15) is 4.79 Å². The normalized spacial score (nSPS) is 10.4. The van der Waals surface area contributed by atoms with Gasteiger partial charge in [0.25, 0.3) is 5.91 Å². The van der Waals surface area contributed by atoms with Crippen LogP contribution in [0, 0.1) is 20.8 Å². The van der Waals surface area contributed by atoms with Crippen molar-refractivity contribution in [1.29, 1.82) is 0 Å². The first kappa shape index (κ1) is 12.2. The van der Waals surface area contributed by atoms with Gasteiger partial charge in [0.1, 0.15) is 0 Å². The molecule has 0 aliphatic heterocycles. The number of carbonyl (C=O) groups is 1. The second-order valence-electron chi connectivity index (χ2n) is 4.14.